The Balaban J connectivity index is 2.62. The number of nitrogens with zero attached hydrogens (tertiary/aromatic N) is 2. The number of benzene rings is 1. The first-order chi connectivity index (χ1) is 11.1. The molecule has 0 aliphatic carbocycles. The van der Waals surface area contributed by atoms with Crippen molar-refractivity contribution >= 4 is 17.6 Å². The van der Waals surface area contributed by atoms with Gasteiger partial charge in [0.2, 0.25) is 0 Å². The van der Waals surface area contributed by atoms with Gasteiger partial charge in [-0.15, -0.1) is 6.58 Å². The summed E-state index contributed by atoms with van der Waals surface area (Å²) in [5, 5.41) is 8.72. The van der Waals surface area contributed by atoms with E-state index in [1.807, 2.05) is 12.1 Å². The van der Waals surface area contributed by atoms with Gasteiger partial charge in [-0.25, -0.2) is 4.79 Å². The van der Waals surface area contributed by atoms with Crippen LogP contribution in [0.5, 0.6) is 0 Å². The van der Waals surface area contributed by atoms with Gasteiger partial charge in [0.15, 0.2) is 12.7 Å². The molecule has 0 saturated carbocycles. The highest BCUT2D eigenvalue weighted by Gasteiger charge is 2.20. The smallest absolute Gasteiger partial charge is 0.335 e. The number of rotatable bonds is 9. The fourth-order valence-corrected chi connectivity index (χ4v) is 1.78. The van der Waals surface area contributed by atoms with E-state index >= 15 is 0 Å². The third-order valence-corrected chi connectivity index (χ3v) is 2.95. The van der Waals surface area contributed by atoms with E-state index in [1.54, 1.807) is 31.2 Å². The van der Waals surface area contributed by atoms with Gasteiger partial charge in [-0.2, -0.15) is 5.26 Å². The summed E-state index contributed by atoms with van der Waals surface area (Å²) in [6.07, 6.45) is 0.937. The van der Waals surface area contributed by atoms with Gasteiger partial charge in [0.25, 0.3) is 5.91 Å². The molecule has 6 heteroatoms. The van der Waals surface area contributed by atoms with Crippen LogP contribution in [0.1, 0.15) is 13.3 Å². The van der Waals surface area contributed by atoms with Crippen molar-refractivity contribution in [3.8, 4) is 6.07 Å². The highest BCUT2D eigenvalue weighted by atomic mass is 16.6. The summed E-state index contributed by atoms with van der Waals surface area (Å²) in [6, 6.07) is 10.9. The number of ether oxygens (including phenoxy) is 2. The number of carbonyl (C=O) groups is 2. The van der Waals surface area contributed by atoms with Gasteiger partial charge in [-0.1, -0.05) is 24.3 Å². The fraction of sp³-hybridized carbons (Fsp3) is 0.353. The van der Waals surface area contributed by atoms with Crippen molar-refractivity contribution in [2.45, 2.75) is 19.4 Å². The zero-order valence-electron chi connectivity index (χ0n) is 13.1. The second kappa shape index (κ2) is 10.1. The average molecular weight is 316 g/mol. The topological polar surface area (TPSA) is 79.6 Å². The molecule has 122 valence electrons. The van der Waals surface area contributed by atoms with E-state index in [0.717, 1.165) is 0 Å². The largest absolute Gasteiger partial charge is 0.454 e. The quantitative estimate of drug-likeness (QED) is 0.514. The number of anilines is 1. The summed E-state index contributed by atoms with van der Waals surface area (Å²) >= 11 is 0. The van der Waals surface area contributed by atoms with E-state index in [2.05, 4.69) is 6.58 Å². The number of nitriles is 1. The van der Waals surface area contributed by atoms with Crippen LogP contribution < -0.4 is 4.90 Å². The molecule has 0 heterocycles. The summed E-state index contributed by atoms with van der Waals surface area (Å²) in [4.78, 5) is 25.4. The van der Waals surface area contributed by atoms with Crippen molar-refractivity contribution in [2.24, 2.45) is 0 Å². The molecule has 0 aliphatic rings. The summed E-state index contributed by atoms with van der Waals surface area (Å²) < 4.78 is 10.1. The summed E-state index contributed by atoms with van der Waals surface area (Å²) in [5.74, 6) is -1.01. The van der Waals surface area contributed by atoms with E-state index in [1.165, 1.54) is 11.0 Å². The molecule has 0 aliphatic heterocycles. The molecule has 1 rings (SSSR count). The molecular formula is C17H20N2O4. The van der Waals surface area contributed by atoms with Crippen molar-refractivity contribution in [1.29, 1.82) is 5.26 Å². The lowest BCUT2D eigenvalue weighted by Crippen LogP contribution is -2.36. The second-order valence-electron chi connectivity index (χ2n) is 4.66. The molecule has 1 atom stereocenters. The average Bonchev–Trinajstić information content (AvgIpc) is 2.58. The van der Waals surface area contributed by atoms with Crippen molar-refractivity contribution in [3.63, 3.8) is 0 Å². The minimum absolute atomic E-state index is 0.188. The molecule has 0 bridgehead atoms. The number of hydrogen-bond donors (Lipinski definition) is 0. The molecule has 0 spiro atoms. The zero-order valence-corrected chi connectivity index (χ0v) is 13.1. The number of amides is 1. The number of para-hydroxylation sites is 1. The Morgan fingerprint density at radius 2 is 2.09 bits per heavy atom. The Hall–Kier alpha value is -2.65. The molecule has 1 aromatic rings. The molecule has 0 aromatic heterocycles. The van der Waals surface area contributed by atoms with Gasteiger partial charge in [0.05, 0.1) is 19.1 Å². The second-order valence-corrected chi connectivity index (χ2v) is 4.66. The van der Waals surface area contributed by atoms with Crippen LogP contribution in [-0.2, 0) is 19.1 Å². The van der Waals surface area contributed by atoms with Crippen molar-refractivity contribution in [2.75, 3.05) is 24.7 Å². The Morgan fingerprint density at radius 1 is 1.39 bits per heavy atom. The van der Waals surface area contributed by atoms with E-state index in [9.17, 15) is 9.59 Å². The number of carbonyl (C=O) groups excluding carboxylic acids is 2. The molecule has 1 aromatic carbocycles. The van der Waals surface area contributed by atoms with Crippen LogP contribution in [0.2, 0.25) is 0 Å². The Labute approximate surface area is 135 Å². The van der Waals surface area contributed by atoms with E-state index in [-0.39, 0.29) is 19.6 Å². The monoisotopic (exact) mass is 316 g/mol. The predicted molar refractivity (Wildman–Crippen MR) is 85.6 cm³/mol. The van der Waals surface area contributed by atoms with Crippen LogP contribution in [0.4, 0.5) is 5.69 Å². The van der Waals surface area contributed by atoms with Gasteiger partial charge in [-0.05, 0) is 19.1 Å². The normalized spacial score (nSPS) is 11.1. The third kappa shape index (κ3) is 6.32. The number of hydrogen-bond acceptors (Lipinski definition) is 5. The highest BCUT2D eigenvalue weighted by Crippen LogP contribution is 2.14. The maximum absolute atomic E-state index is 12.3. The fourth-order valence-electron chi connectivity index (χ4n) is 1.78. The standard InChI is InChI=1S/C17H20N2O4/c1-3-12-22-14(2)17(21)23-13-16(20)19(11-7-10-18)15-8-5-4-6-9-15/h3-6,8-9,14H,1,7,11-13H2,2H3. The molecule has 1 unspecified atom stereocenters. The van der Waals surface area contributed by atoms with Crippen LogP contribution >= 0.6 is 0 Å². The first kappa shape index (κ1) is 18.4. The summed E-state index contributed by atoms with van der Waals surface area (Å²) in [7, 11) is 0. The first-order valence-corrected chi connectivity index (χ1v) is 7.21. The molecule has 0 fully saturated rings. The molecule has 0 saturated heterocycles. The zero-order chi connectivity index (χ0) is 17.1. The van der Waals surface area contributed by atoms with Crippen LogP contribution in [0.3, 0.4) is 0 Å². The summed E-state index contributed by atoms with van der Waals surface area (Å²) in [5.41, 5.74) is 0.653. The molecule has 1 amide bonds. The number of esters is 1. The molecule has 23 heavy (non-hydrogen) atoms. The van der Waals surface area contributed by atoms with Crippen LogP contribution in [-0.4, -0.2) is 37.7 Å². The Morgan fingerprint density at radius 3 is 2.70 bits per heavy atom. The lowest BCUT2D eigenvalue weighted by molar-refractivity contribution is -0.157. The van der Waals surface area contributed by atoms with Gasteiger partial charge in [-0.3, -0.25) is 4.79 Å². The Bertz CT molecular complexity index is 566. The maximum Gasteiger partial charge on any atom is 0.335 e. The van der Waals surface area contributed by atoms with E-state index in [4.69, 9.17) is 14.7 Å². The lowest BCUT2D eigenvalue weighted by atomic mass is 10.2. The predicted octanol–water partition coefficient (Wildman–Crippen LogP) is 2.07. The SMILES string of the molecule is C=CCOC(C)C(=O)OCC(=O)N(CCC#N)c1ccccc1. The van der Waals surface area contributed by atoms with E-state index < -0.39 is 24.6 Å². The van der Waals surface area contributed by atoms with Crippen molar-refractivity contribution < 1.29 is 19.1 Å². The van der Waals surface area contributed by atoms with Gasteiger partial charge < -0.3 is 14.4 Å². The van der Waals surface area contributed by atoms with E-state index in [0.29, 0.717) is 5.69 Å². The molecule has 0 radical (unpaired) electrons. The van der Waals surface area contributed by atoms with Crippen molar-refractivity contribution in [1.82, 2.24) is 0 Å². The third-order valence-electron chi connectivity index (χ3n) is 2.95. The first-order valence-electron chi connectivity index (χ1n) is 7.21. The Kier molecular flexibility index (Phi) is 8.11. The van der Waals surface area contributed by atoms with Crippen molar-refractivity contribution in [3.05, 3.63) is 43.0 Å². The molecular weight excluding hydrogens is 296 g/mol. The minimum Gasteiger partial charge on any atom is -0.454 e. The van der Waals surface area contributed by atoms with Crippen LogP contribution in [0.15, 0.2) is 43.0 Å². The lowest BCUT2D eigenvalue weighted by Gasteiger charge is -2.22. The highest BCUT2D eigenvalue weighted by molar-refractivity contribution is 5.95. The molecule has 6 nitrogen and oxygen atoms in total. The molecule has 0 N–H and O–H groups in total. The van der Waals surface area contributed by atoms with Gasteiger partial charge >= 0.3 is 5.97 Å². The minimum atomic E-state index is -0.773. The summed E-state index contributed by atoms with van der Waals surface area (Å²) in [6.45, 7) is 5.09. The van der Waals surface area contributed by atoms with Crippen LogP contribution in [0.25, 0.3) is 0 Å². The van der Waals surface area contributed by atoms with Gasteiger partial charge in [0, 0.05) is 12.2 Å². The maximum atomic E-state index is 12.3. The van der Waals surface area contributed by atoms with Crippen LogP contribution in [0, 0.1) is 11.3 Å². The van der Waals surface area contributed by atoms with Gasteiger partial charge in [0.1, 0.15) is 0 Å².